The molecule has 0 unspecified atom stereocenters. The molecule has 1 aliphatic heterocycles. The van der Waals surface area contributed by atoms with Gasteiger partial charge in [0.2, 0.25) is 0 Å². The quantitative estimate of drug-likeness (QED) is 0.914. The zero-order valence-corrected chi connectivity index (χ0v) is 13.2. The largest absolute Gasteiger partial charge is 0.457 e. The summed E-state index contributed by atoms with van der Waals surface area (Å²) in [7, 11) is 0. The molecule has 2 aromatic rings. The van der Waals surface area contributed by atoms with E-state index in [1.165, 1.54) is 0 Å². The Kier molecular flexibility index (Phi) is 4.93. The zero-order chi connectivity index (χ0) is 16.1. The van der Waals surface area contributed by atoms with Gasteiger partial charge in [-0.3, -0.25) is 4.79 Å². The smallest absolute Gasteiger partial charge is 0.251 e. The molecule has 0 aliphatic carbocycles. The maximum Gasteiger partial charge on any atom is 0.251 e. The van der Waals surface area contributed by atoms with Crippen molar-refractivity contribution >= 4 is 5.91 Å². The molecular weight excluding hydrogens is 290 g/mol. The van der Waals surface area contributed by atoms with E-state index >= 15 is 0 Å². The Labute approximate surface area is 136 Å². The van der Waals surface area contributed by atoms with E-state index in [1.807, 2.05) is 37.3 Å². The van der Waals surface area contributed by atoms with Crippen LogP contribution in [0.15, 0.2) is 54.6 Å². The van der Waals surface area contributed by atoms with Crippen molar-refractivity contribution in [3.63, 3.8) is 0 Å². The van der Waals surface area contributed by atoms with Crippen LogP contribution in [0.2, 0.25) is 0 Å². The fraction of sp³-hybridized carbons (Fsp3) is 0.316. The van der Waals surface area contributed by atoms with Crippen molar-refractivity contribution in [1.82, 2.24) is 5.32 Å². The summed E-state index contributed by atoms with van der Waals surface area (Å²) in [5.41, 5.74) is 0.621. The number of benzene rings is 2. The number of hydrogen-bond acceptors (Lipinski definition) is 3. The molecule has 1 heterocycles. The lowest BCUT2D eigenvalue weighted by atomic mass is 10.1. The molecule has 2 atom stereocenters. The highest BCUT2D eigenvalue weighted by molar-refractivity contribution is 5.94. The maximum atomic E-state index is 12.3. The Morgan fingerprint density at radius 3 is 2.48 bits per heavy atom. The van der Waals surface area contributed by atoms with Gasteiger partial charge in [0.15, 0.2) is 0 Å². The van der Waals surface area contributed by atoms with Gasteiger partial charge in [0.05, 0.1) is 12.1 Å². The van der Waals surface area contributed by atoms with Crippen molar-refractivity contribution in [2.75, 3.05) is 6.61 Å². The van der Waals surface area contributed by atoms with Crippen LogP contribution in [0.5, 0.6) is 11.5 Å². The topological polar surface area (TPSA) is 47.6 Å². The molecule has 4 nitrogen and oxygen atoms in total. The predicted octanol–water partition coefficient (Wildman–Crippen LogP) is 3.78. The Morgan fingerprint density at radius 1 is 1.13 bits per heavy atom. The molecule has 1 aliphatic rings. The van der Waals surface area contributed by atoms with Gasteiger partial charge < -0.3 is 14.8 Å². The molecule has 0 aromatic heterocycles. The van der Waals surface area contributed by atoms with E-state index in [0.717, 1.165) is 25.2 Å². The first-order valence-corrected chi connectivity index (χ1v) is 7.98. The fourth-order valence-electron chi connectivity index (χ4n) is 2.68. The summed E-state index contributed by atoms with van der Waals surface area (Å²) in [4.78, 5) is 12.3. The molecule has 1 N–H and O–H groups in total. The zero-order valence-electron chi connectivity index (χ0n) is 13.2. The average molecular weight is 311 g/mol. The lowest BCUT2D eigenvalue weighted by Gasteiger charge is -2.20. The Bertz CT molecular complexity index is 633. The van der Waals surface area contributed by atoms with E-state index in [4.69, 9.17) is 9.47 Å². The van der Waals surface area contributed by atoms with Crippen LogP contribution in [0, 0.1) is 0 Å². The second kappa shape index (κ2) is 7.29. The number of amides is 1. The number of rotatable bonds is 5. The van der Waals surface area contributed by atoms with Gasteiger partial charge in [-0.1, -0.05) is 18.2 Å². The summed E-state index contributed by atoms with van der Waals surface area (Å²) in [6.45, 7) is 2.77. The first-order valence-electron chi connectivity index (χ1n) is 7.98. The minimum absolute atomic E-state index is 0.0187. The van der Waals surface area contributed by atoms with E-state index in [2.05, 4.69) is 5.32 Å². The van der Waals surface area contributed by atoms with Crippen molar-refractivity contribution in [2.24, 2.45) is 0 Å². The second-order valence-electron chi connectivity index (χ2n) is 5.75. The molecule has 1 saturated heterocycles. The SMILES string of the molecule is C[C@H](NC(=O)c1ccc(Oc2ccccc2)cc1)[C@H]1CCCO1. The first kappa shape index (κ1) is 15.6. The van der Waals surface area contributed by atoms with Crippen LogP contribution in [0.4, 0.5) is 0 Å². The van der Waals surface area contributed by atoms with Gasteiger partial charge in [0.1, 0.15) is 11.5 Å². The molecule has 3 rings (SSSR count). The highest BCUT2D eigenvalue weighted by Crippen LogP contribution is 2.21. The summed E-state index contributed by atoms with van der Waals surface area (Å²) in [6.07, 6.45) is 2.20. The summed E-state index contributed by atoms with van der Waals surface area (Å²) in [6, 6.07) is 16.7. The molecule has 0 radical (unpaired) electrons. The monoisotopic (exact) mass is 311 g/mol. The molecule has 0 spiro atoms. The lowest BCUT2D eigenvalue weighted by molar-refractivity contribution is 0.0712. The third-order valence-electron chi connectivity index (χ3n) is 3.98. The standard InChI is InChI=1S/C19H21NO3/c1-14(18-8-5-13-22-18)20-19(21)15-9-11-17(12-10-15)23-16-6-3-2-4-7-16/h2-4,6-7,9-12,14,18H,5,8,13H2,1H3,(H,20,21)/t14-,18+/m0/s1. The van der Waals surface area contributed by atoms with Crippen LogP contribution >= 0.6 is 0 Å². The number of ether oxygens (including phenoxy) is 2. The molecule has 1 fully saturated rings. The van der Waals surface area contributed by atoms with Gasteiger partial charge in [0, 0.05) is 12.2 Å². The van der Waals surface area contributed by atoms with Crippen LogP contribution in [-0.4, -0.2) is 24.7 Å². The molecular formula is C19H21NO3. The molecule has 4 heteroatoms. The van der Waals surface area contributed by atoms with Crippen molar-refractivity contribution < 1.29 is 14.3 Å². The number of carbonyl (C=O) groups is 1. The predicted molar refractivity (Wildman–Crippen MR) is 88.9 cm³/mol. The van der Waals surface area contributed by atoms with E-state index in [-0.39, 0.29) is 18.1 Å². The van der Waals surface area contributed by atoms with Crippen LogP contribution < -0.4 is 10.1 Å². The van der Waals surface area contributed by atoms with Crippen LogP contribution in [-0.2, 0) is 4.74 Å². The van der Waals surface area contributed by atoms with Crippen molar-refractivity contribution in [1.29, 1.82) is 0 Å². The average Bonchev–Trinajstić information content (AvgIpc) is 3.11. The normalized spacial score (nSPS) is 18.4. The molecule has 0 bridgehead atoms. The Hall–Kier alpha value is -2.33. The van der Waals surface area contributed by atoms with Gasteiger partial charge in [0.25, 0.3) is 5.91 Å². The van der Waals surface area contributed by atoms with Gasteiger partial charge in [-0.25, -0.2) is 0 Å². The third-order valence-corrected chi connectivity index (χ3v) is 3.98. The van der Waals surface area contributed by atoms with Gasteiger partial charge in [-0.05, 0) is 56.2 Å². The van der Waals surface area contributed by atoms with E-state index in [9.17, 15) is 4.79 Å². The second-order valence-corrected chi connectivity index (χ2v) is 5.75. The number of carbonyl (C=O) groups excluding carboxylic acids is 1. The maximum absolute atomic E-state index is 12.3. The van der Waals surface area contributed by atoms with Crippen LogP contribution in [0.25, 0.3) is 0 Å². The van der Waals surface area contributed by atoms with Crippen molar-refractivity contribution in [3.8, 4) is 11.5 Å². The molecule has 1 amide bonds. The van der Waals surface area contributed by atoms with E-state index in [1.54, 1.807) is 24.3 Å². The summed E-state index contributed by atoms with van der Waals surface area (Å²) >= 11 is 0. The van der Waals surface area contributed by atoms with E-state index in [0.29, 0.717) is 11.3 Å². The number of nitrogens with one attached hydrogen (secondary N) is 1. The minimum atomic E-state index is -0.0840. The molecule has 23 heavy (non-hydrogen) atoms. The highest BCUT2D eigenvalue weighted by Gasteiger charge is 2.23. The minimum Gasteiger partial charge on any atom is -0.457 e. The van der Waals surface area contributed by atoms with Gasteiger partial charge >= 0.3 is 0 Å². The van der Waals surface area contributed by atoms with E-state index < -0.39 is 0 Å². The fourth-order valence-corrected chi connectivity index (χ4v) is 2.68. The first-order chi connectivity index (χ1) is 11.2. The molecule has 0 saturated carbocycles. The molecule has 120 valence electrons. The summed E-state index contributed by atoms with van der Waals surface area (Å²) < 4.78 is 11.3. The third kappa shape index (κ3) is 4.11. The molecule has 2 aromatic carbocycles. The highest BCUT2D eigenvalue weighted by atomic mass is 16.5. The number of hydrogen-bond donors (Lipinski definition) is 1. The van der Waals surface area contributed by atoms with Gasteiger partial charge in [-0.2, -0.15) is 0 Å². The summed E-state index contributed by atoms with van der Waals surface area (Å²) in [5, 5.41) is 3.00. The van der Waals surface area contributed by atoms with Crippen LogP contribution in [0.1, 0.15) is 30.1 Å². The van der Waals surface area contributed by atoms with Gasteiger partial charge in [-0.15, -0.1) is 0 Å². The lowest BCUT2D eigenvalue weighted by Crippen LogP contribution is -2.40. The Morgan fingerprint density at radius 2 is 1.83 bits per heavy atom. The number of para-hydroxylation sites is 1. The summed E-state index contributed by atoms with van der Waals surface area (Å²) in [5.74, 6) is 1.40. The van der Waals surface area contributed by atoms with Crippen molar-refractivity contribution in [3.05, 3.63) is 60.2 Å². The van der Waals surface area contributed by atoms with Crippen LogP contribution in [0.3, 0.4) is 0 Å². The Balaban J connectivity index is 1.59. The van der Waals surface area contributed by atoms with Crippen molar-refractivity contribution in [2.45, 2.75) is 31.9 Å².